The minimum atomic E-state index is -0.671. The van der Waals surface area contributed by atoms with Crippen LogP contribution in [0.15, 0.2) is 46.5 Å². The van der Waals surface area contributed by atoms with Gasteiger partial charge < -0.3 is 0 Å². The Morgan fingerprint density at radius 2 is 1.82 bits per heavy atom. The molecule has 1 aliphatic rings. The molecule has 1 amide bonds. The third-order valence-corrected chi connectivity index (χ3v) is 5.17. The van der Waals surface area contributed by atoms with Crippen LogP contribution in [0.2, 0.25) is 10.3 Å². The third kappa shape index (κ3) is 3.60. The molecule has 0 radical (unpaired) electrons. The van der Waals surface area contributed by atoms with Gasteiger partial charge in [0.15, 0.2) is 0 Å². The molecule has 2 heterocycles. The van der Waals surface area contributed by atoms with Crippen LogP contribution in [0.3, 0.4) is 0 Å². The Balaban J connectivity index is 2.15. The van der Waals surface area contributed by atoms with Gasteiger partial charge in [0.05, 0.1) is 16.8 Å². The summed E-state index contributed by atoms with van der Waals surface area (Å²) in [4.78, 5) is 26.9. The van der Waals surface area contributed by atoms with Gasteiger partial charge in [-0.2, -0.15) is 0 Å². The van der Waals surface area contributed by atoms with E-state index in [0.29, 0.717) is 11.5 Å². The van der Waals surface area contributed by atoms with Crippen molar-refractivity contribution in [1.29, 1.82) is 0 Å². The minimum absolute atomic E-state index is 0.0515. The summed E-state index contributed by atoms with van der Waals surface area (Å²) in [5, 5.41) is 0.464. The number of benzene rings is 1. The number of amidine groups is 1. The molecular weight excluding hydrogens is 395 g/mol. The van der Waals surface area contributed by atoms with E-state index in [-0.39, 0.29) is 16.2 Å². The van der Waals surface area contributed by atoms with E-state index in [0.717, 1.165) is 22.4 Å². The fourth-order valence-corrected chi connectivity index (χ4v) is 3.59. The summed E-state index contributed by atoms with van der Waals surface area (Å²) >= 11 is 12.1. The number of pyridine rings is 1. The number of fused-ring (bicyclic) bond motifs is 1. The quantitative estimate of drug-likeness (QED) is 0.360. The van der Waals surface area contributed by atoms with Crippen molar-refractivity contribution in [3.05, 3.63) is 58.0 Å². The highest BCUT2D eigenvalue weighted by molar-refractivity contribution is 6.33. The van der Waals surface area contributed by atoms with Crippen LogP contribution in [0, 0.1) is 0 Å². The summed E-state index contributed by atoms with van der Waals surface area (Å²) in [5.41, 5.74) is 3.53. The Morgan fingerprint density at radius 3 is 2.43 bits per heavy atom. The van der Waals surface area contributed by atoms with Crippen molar-refractivity contribution >= 4 is 58.6 Å². The van der Waals surface area contributed by atoms with Crippen LogP contribution in [0.1, 0.15) is 38.8 Å². The van der Waals surface area contributed by atoms with Gasteiger partial charge in [0.2, 0.25) is 5.91 Å². The van der Waals surface area contributed by atoms with Gasteiger partial charge in [0.1, 0.15) is 16.1 Å². The summed E-state index contributed by atoms with van der Waals surface area (Å²) in [6, 6.07) is 9.21. The minimum Gasteiger partial charge on any atom is -0.280 e. The van der Waals surface area contributed by atoms with E-state index in [2.05, 4.69) is 21.7 Å². The number of allylic oxidation sites excluding steroid dienone is 1. The van der Waals surface area contributed by atoms with E-state index >= 15 is 0 Å². The van der Waals surface area contributed by atoms with Crippen molar-refractivity contribution in [2.45, 2.75) is 33.1 Å². The molecule has 0 aliphatic carbocycles. The lowest BCUT2D eigenvalue weighted by Gasteiger charge is -2.21. The molecule has 0 unspecified atom stereocenters. The van der Waals surface area contributed by atoms with E-state index in [4.69, 9.17) is 23.2 Å². The Bertz CT molecular complexity index is 1020. The number of nitrogens with zero attached hydrogens (tertiary/aromatic N) is 4. The highest BCUT2D eigenvalue weighted by Gasteiger charge is 2.44. The molecule has 7 heteroatoms. The molecule has 2 aromatic rings. The van der Waals surface area contributed by atoms with Gasteiger partial charge in [0.25, 0.3) is 0 Å². The zero-order chi connectivity index (χ0) is 20.6. The Hall–Kier alpha value is -2.50. The van der Waals surface area contributed by atoms with Crippen molar-refractivity contribution in [1.82, 2.24) is 4.98 Å². The summed E-state index contributed by atoms with van der Waals surface area (Å²) in [7, 11) is 0. The SMILES string of the molecule is C=NC(C)=N/C=C(\C)c1ccc2c(c1)N(c1cc(Cl)nc(Cl)c1)C(=O)C2(C)C. The lowest BCUT2D eigenvalue weighted by atomic mass is 9.85. The Labute approximate surface area is 174 Å². The van der Waals surface area contributed by atoms with Crippen LogP contribution >= 0.6 is 23.2 Å². The third-order valence-electron chi connectivity index (χ3n) is 4.78. The highest BCUT2D eigenvalue weighted by atomic mass is 35.5. The molecule has 0 atom stereocenters. The molecule has 3 rings (SSSR count). The van der Waals surface area contributed by atoms with Gasteiger partial charge in [-0.15, -0.1) is 0 Å². The first-order valence-corrected chi connectivity index (χ1v) is 9.41. The lowest BCUT2D eigenvalue weighted by Crippen LogP contribution is -2.33. The van der Waals surface area contributed by atoms with E-state index in [9.17, 15) is 4.79 Å². The van der Waals surface area contributed by atoms with E-state index in [1.807, 2.05) is 39.0 Å². The summed E-state index contributed by atoms with van der Waals surface area (Å²) in [6.45, 7) is 11.0. The molecule has 1 aliphatic heterocycles. The fraction of sp³-hybridized carbons (Fsp3) is 0.238. The smallest absolute Gasteiger partial charge is 0.241 e. The zero-order valence-electron chi connectivity index (χ0n) is 16.1. The number of aromatic nitrogens is 1. The second-order valence-electron chi connectivity index (χ2n) is 7.11. The summed E-state index contributed by atoms with van der Waals surface area (Å²) in [5.74, 6) is 0.531. The number of hydrogen-bond donors (Lipinski definition) is 0. The maximum atomic E-state index is 13.2. The van der Waals surface area contributed by atoms with Gasteiger partial charge in [-0.05, 0) is 69.3 Å². The highest BCUT2D eigenvalue weighted by Crippen LogP contribution is 2.46. The number of carbonyl (C=O) groups excluding carboxylic acids is 1. The number of halogens is 2. The second-order valence-corrected chi connectivity index (χ2v) is 7.89. The number of hydrogen-bond acceptors (Lipinski definition) is 3. The lowest BCUT2D eigenvalue weighted by molar-refractivity contribution is -0.121. The molecule has 0 N–H and O–H groups in total. The number of rotatable bonds is 3. The average molecular weight is 415 g/mol. The maximum Gasteiger partial charge on any atom is 0.241 e. The standard InChI is InChI=1S/C21H20Cl2N4O/c1-12(11-25-13(2)24-5)14-6-7-16-17(8-14)27(20(28)21(16,3)4)15-9-18(22)26-19(23)10-15/h6-11H,5H2,1-4H3/b12-11+,25-13?. The molecular formula is C21H20Cl2N4O. The fourth-order valence-electron chi connectivity index (χ4n) is 3.14. The van der Waals surface area contributed by atoms with Crippen LogP contribution in [0.25, 0.3) is 5.57 Å². The second kappa shape index (κ2) is 7.49. The number of anilines is 2. The molecule has 28 heavy (non-hydrogen) atoms. The monoisotopic (exact) mass is 414 g/mol. The maximum absolute atomic E-state index is 13.2. The molecule has 1 aromatic carbocycles. The predicted octanol–water partition coefficient (Wildman–Crippen LogP) is 5.82. The van der Waals surface area contributed by atoms with Crippen LogP contribution in [0.5, 0.6) is 0 Å². The van der Waals surface area contributed by atoms with Crippen LogP contribution in [-0.2, 0) is 10.2 Å². The molecule has 1 aromatic heterocycles. The van der Waals surface area contributed by atoms with Crippen molar-refractivity contribution in [2.75, 3.05) is 4.90 Å². The van der Waals surface area contributed by atoms with E-state index in [1.54, 1.807) is 30.2 Å². The molecule has 5 nitrogen and oxygen atoms in total. The predicted molar refractivity (Wildman–Crippen MR) is 117 cm³/mol. The van der Waals surface area contributed by atoms with Gasteiger partial charge >= 0.3 is 0 Å². The molecule has 0 saturated heterocycles. The zero-order valence-corrected chi connectivity index (χ0v) is 17.6. The average Bonchev–Trinajstić information content (AvgIpc) is 2.84. The van der Waals surface area contributed by atoms with Crippen molar-refractivity contribution in [3.8, 4) is 0 Å². The van der Waals surface area contributed by atoms with E-state index < -0.39 is 5.41 Å². The van der Waals surface area contributed by atoms with Gasteiger partial charge in [-0.1, -0.05) is 35.3 Å². The van der Waals surface area contributed by atoms with Crippen molar-refractivity contribution in [3.63, 3.8) is 0 Å². The topological polar surface area (TPSA) is 57.9 Å². The number of amides is 1. The number of aliphatic imine (C=N–C) groups is 2. The summed E-state index contributed by atoms with van der Waals surface area (Å²) < 4.78 is 0. The van der Waals surface area contributed by atoms with Crippen molar-refractivity contribution < 1.29 is 4.79 Å². The molecule has 144 valence electrons. The molecule has 0 saturated carbocycles. The van der Waals surface area contributed by atoms with E-state index in [1.165, 1.54) is 0 Å². The first-order valence-electron chi connectivity index (χ1n) is 8.65. The Kier molecular flexibility index (Phi) is 5.41. The van der Waals surface area contributed by atoms with Crippen LogP contribution in [0.4, 0.5) is 11.4 Å². The number of carbonyl (C=O) groups is 1. The summed E-state index contributed by atoms with van der Waals surface area (Å²) in [6.07, 6.45) is 1.73. The largest absolute Gasteiger partial charge is 0.280 e. The van der Waals surface area contributed by atoms with Gasteiger partial charge in [0, 0.05) is 6.20 Å². The first kappa shape index (κ1) is 20.2. The molecule has 0 fully saturated rings. The first-order chi connectivity index (χ1) is 13.1. The normalized spacial score (nSPS) is 16.4. The molecule has 0 bridgehead atoms. The van der Waals surface area contributed by atoms with Gasteiger partial charge in [-0.3, -0.25) is 9.69 Å². The van der Waals surface area contributed by atoms with Crippen LogP contribution in [-0.4, -0.2) is 23.4 Å². The van der Waals surface area contributed by atoms with Crippen LogP contribution < -0.4 is 4.90 Å². The molecule has 0 spiro atoms. The van der Waals surface area contributed by atoms with Gasteiger partial charge in [-0.25, -0.2) is 15.0 Å². The van der Waals surface area contributed by atoms with Crippen molar-refractivity contribution in [2.24, 2.45) is 9.98 Å². The Morgan fingerprint density at radius 1 is 1.18 bits per heavy atom.